The summed E-state index contributed by atoms with van der Waals surface area (Å²) in [5.41, 5.74) is 4.11. The first-order chi connectivity index (χ1) is 15.8. The third kappa shape index (κ3) is 4.15. The van der Waals surface area contributed by atoms with Crippen LogP contribution in [0.3, 0.4) is 0 Å². The molecule has 1 aromatic carbocycles. The van der Waals surface area contributed by atoms with Gasteiger partial charge in [0.1, 0.15) is 0 Å². The maximum absolute atomic E-state index is 13.0. The minimum Gasteiger partial charge on any atom is -0.365 e. The molecule has 174 valence electrons. The van der Waals surface area contributed by atoms with Crippen molar-refractivity contribution in [3.63, 3.8) is 0 Å². The van der Waals surface area contributed by atoms with Crippen LogP contribution in [0.4, 0.5) is 5.69 Å². The number of sulfone groups is 1. The molecule has 4 heterocycles. The number of amides is 1. The number of hydrogen-bond acceptors (Lipinski definition) is 7. The molecule has 0 saturated carbocycles. The van der Waals surface area contributed by atoms with Gasteiger partial charge in [0.25, 0.3) is 5.91 Å². The average Bonchev–Trinajstić information content (AvgIpc) is 3.51. The van der Waals surface area contributed by atoms with E-state index in [1.165, 1.54) is 0 Å². The van der Waals surface area contributed by atoms with Crippen LogP contribution < -0.4 is 4.90 Å². The zero-order chi connectivity index (χ0) is 23.2. The number of rotatable bonds is 4. The van der Waals surface area contributed by atoms with E-state index < -0.39 is 9.84 Å². The van der Waals surface area contributed by atoms with E-state index in [9.17, 15) is 13.2 Å². The summed E-state index contributed by atoms with van der Waals surface area (Å²) in [6, 6.07) is 11.2. The van der Waals surface area contributed by atoms with Crippen molar-refractivity contribution in [2.45, 2.75) is 26.3 Å². The van der Waals surface area contributed by atoms with Gasteiger partial charge in [-0.2, -0.15) is 5.10 Å². The number of aromatic nitrogens is 3. The van der Waals surface area contributed by atoms with Crippen molar-refractivity contribution in [1.82, 2.24) is 19.8 Å². The monoisotopic (exact) mass is 469 g/mol. The summed E-state index contributed by atoms with van der Waals surface area (Å²) in [7, 11) is -2.98. The van der Waals surface area contributed by atoms with Crippen LogP contribution in [0, 0.1) is 13.8 Å². The van der Waals surface area contributed by atoms with Gasteiger partial charge in [0.2, 0.25) is 0 Å². The Bertz CT molecular complexity index is 1270. The van der Waals surface area contributed by atoms with Gasteiger partial charge < -0.3 is 14.3 Å². The zero-order valence-electron chi connectivity index (χ0n) is 18.8. The number of hydrogen-bond donors (Lipinski definition) is 0. The zero-order valence-corrected chi connectivity index (χ0v) is 19.6. The smallest absolute Gasteiger partial charge is 0.276 e. The van der Waals surface area contributed by atoms with Crippen molar-refractivity contribution in [2.24, 2.45) is 0 Å². The highest BCUT2D eigenvalue weighted by atomic mass is 32.2. The minimum atomic E-state index is -2.98. The van der Waals surface area contributed by atoms with E-state index in [1.54, 1.807) is 11.0 Å². The third-order valence-electron chi connectivity index (χ3n) is 6.51. The summed E-state index contributed by atoms with van der Waals surface area (Å²) < 4.78 is 31.1. The second kappa shape index (κ2) is 8.33. The van der Waals surface area contributed by atoms with E-state index in [2.05, 4.69) is 15.2 Å². The highest BCUT2D eigenvalue weighted by Crippen LogP contribution is 2.32. The third-order valence-corrected chi connectivity index (χ3v) is 8.26. The van der Waals surface area contributed by atoms with Gasteiger partial charge in [-0.1, -0.05) is 35.5 Å². The van der Waals surface area contributed by atoms with Gasteiger partial charge in [0, 0.05) is 37.8 Å². The minimum absolute atomic E-state index is 0.101. The summed E-state index contributed by atoms with van der Waals surface area (Å²) in [6.07, 6.45) is 0.606. The first-order valence-electron chi connectivity index (χ1n) is 11.1. The molecule has 1 amide bonds. The van der Waals surface area contributed by atoms with Crippen molar-refractivity contribution in [3.8, 4) is 11.3 Å². The van der Waals surface area contributed by atoms with Gasteiger partial charge in [-0.05, 0) is 20.3 Å². The fourth-order valence-corrected chi connectivity index (χ4v) is 6.54. The van der Waals surface area contributed by atoms with Gasteiger partial charge in [-0.25, -0.2) is 8.42 Å². The SMILES string of the molecule is Cc1nn([C@@H]2CCS(=O)(=O)C2)c(C)c1N1CCN(C(=O)c2cc(-c3ccccc3)on2)CC1. The molecule has 3 aromatic rings. The van der Waals surface area contributed by atoms with E-state index in [0.29, 0.717) is 44.1 Å². The number of anilines is 1. The van der Waals surface area contributed by atoms with Gasteiger partial charge in [-0.3, -0.25) is 9.48 Å². The Morgan fingerprint density at radius 2 is 1.82 bits per heavy atom. The number of benzene rings is 1. The lowest BCUT2D eigenvalue weighted by Crippen LogP contribution is -2.49. The summed E-state index contributed by atoms with van der Waals surface area (Å²) >= 11 is 0. The first kappa shape index (κ1) is 21.7. The number of carbonyl (C=O) groups is 1. The Morgan fingerprint density at radius 3 is 2.48 bits per heavy atom. The quantitative estimate of drug-likeness (QED) is 0.578. The summed E-state index contributed by atoms with van der Waals surface area (Å²) in [5.74, 6) is 0.811. The van der Waals surface area contributed by atoms with Gasteiger partial charge >= 0.3 is 0 Å². The van der Waals surface area contributed by atoms with E-state index >= 15 is 0 Å². The van der Waals surface area contributed by atoms with Crippen LogP contribution in [-0.4, -0.2) is 71.8 Å². The van der Waals surface area contributed by atoms with Gasteiger partial charge in [0.05, 0.1) is 34.6 Å². The van der Waals surface area contributed by atoms with E-state index in [-0.39, 0.29) is 23.5 Å². The first-order valence-corrected chi connectivity index (χ1v) is 13.0. The van der Waals surface area contributed by atoms with Crippen molar-refractivity contribution in [3.05, 3.63) is 53.5 Å². The van der Waals surface area contributed by atoms with Crippen LogP contribution >= 0.6 is 0 Å². The van der Waals surface area contributed by atoms with Gasteiger partial charge in [-0.15, -0.1) is 0 Å². The van der Waals surface area contributed by atoms with Crippen molar-refractivity contribution >= 4 is 21.4 Å². The number of piperazine rings is 1. The normalized spacial score (nSPS) is 20.4. The summed E-state index contributed by atoms with van der Waals surface area (Å²) in [6.45, 7) is 6.43. The lowest BCUT2D eigenvalue weighted by Gasteiger charge is -2.36. The largest absolute Gasteiger partial charge is 0.365 e. The van der Waals surface area contributed by atoms with Crippen molar-refractivity contribution in [2.75, 3.05) is 42.6 Å². The Balaban J connectivity index is 1.26. The van der Waals surface area contributed by atoms with Crippen LogP contribution in [0.15, 0.2) is 40.9 Å². The molecular weight excluding hydrogens is 442 g/mol. The van der Waals surface area contributed by atoms with Crippen molar-refractivity contribution < 1.29 is 17.7 Å². The van der Waals surface area contributed by atoms with Crippen LogP contribution in [0.5, 0.6) is 0 Å². The molecule has 5 rings (SSSR count). The van der Waals surface area contributed by atoms with E-state index in [0.717, 1.165) is 22.6 Å². The van der Waals surface area contributed by atoms with Crippen molar-refractivity contribution in [1.29, 1.82) is 0 Å². The number of aryl methyl sites for hydroxylation is 1. The molecule has 2 aliphatic rings. The molecule has 0 radical (unpaired) electrons. The predicted molar refractivity (Wildman–Crippen MR) is 124 cm³/mol. The fraction of sp³-hybridized carbons (Fsp3) is 0.435. The summed E-state index contributed by atoms with van der Waals surface area (Å²) in [5, 5.41) is 8.66. The summed E-state index contributed by atoms with van der Waals surface area (Å²) in [4.78, 5) is 17.0. The molecule has 2 saturated heterocycles. The number of nitrogens with zero attached hydrogens (tertiary/aromatic N) is 5. The van der Waals surface area contributed by atoms with Crippen LogP contribution in [0.25, 0.3) is 11.3 Å². The average molecular weight is 470 g/mol. The molecule has 0 unspecified atom stereocenters. The van der Waals surface area contributed by atoms with Crippen LogP contribution in [0.2, 0.25) is 0 Å². The Labute approximate surface area is 192 Å². The second-order valence-electron chi connectivity index (χ2n) is 8.74. The van der Waals surface area contributed by atoms with Crippen LogP contribution in [0.1, 0.15) is 34.3 Å². The molecule has 9 nitrogen and oxygen atoms in total. The maximum Gasteiger partial charge on any atom is 0.276 e. The molecule has 2 aromatic heterocycles. The molecule has 2 aliphatic heterocycles. The van der Waals surface area contributed by atoms with E-state index in [1.807, 2.05) is 48.9 Å². The molecule has 2 fully saturated rings. The lowest BCUT2D eigenvalue weighted by molar-refractivity contribution is 0.0736. The Morgan fingerprint density at radius 1 is 1.09 bits per heavy atom. The molecule has 10 heteroatoms. The molecule has 33 heavy (non-hydrogen) atoms. The van der Waals surface area contributed by atoms with Crippen LogP contribution in [-0.2, 0) is 9.84 Å². The molecule has 1 atom stereocenters. The maximum atomic E-state index is 13.0. The molecule has 0 bridgehead atoms. The molecule has 0 spiro atoms. The lowest BCUT2D eigenvalue weighted by atomic mass is 10.1. The second-order valence-corrected chi connectivity index (χ2v) is 11.0. The van der Waals surface area contributed by atoms with Gasteiger partial charge in [0.15, 0.2) is 21.3 Å². The molecular formula is C23H27N5O4S. The Kier molecular flexibility index (Phi) is 5.48. The number of carbonyl (C=O) groups excluding carboxylic acids is 1. The fourth-order valence-electron chi connectivity index (χ4n) is 4.85. The standard InChI is InChI=1S/C23H27N5O4S/c1-16-22(17(2)28(24-16)19-8-13-33(30,31)15-19)26-9-11-27(12-10-26)23(29)20-14-21(32-25-20)18-6-4-3-5-7-18/h3-7,14,19H,8-13,15H2,1-2H3/t19-/m1/s1. The van der Waals surface area contributed by atoms with E-state index in [4.69, 9.17) is 4.52 Å². The molecule has 0 N–H and O–H groups in total. The highest BCUT2D eigenvalue weighted by Gasteiger charge is 2.33. The Hall–Kier alpha value is -3.14. The highest BCUT2D eigenvalue weighted by molar-refractivity contribution is 7.91. The predicted octanol–water partition coefficient (Wildman–Crippen LogP) is 2.48. The molecule has 0 aliphatic carbocycles. The topological polar surface area (TPSA) is 102 Å².